The second-order valence-corrected chi connectivity index (χ2v) is 2.72. The third-order valence-corrected chi connectivity index (χ3v) is 1.57. The predicted molar refractivity (Wildman–Crippen MR) is 52.2 cm³/mol. The van der Waals surface area contributed by atoms with Crippen LogP contribution in [0.1, 0.15) is 5.56 Å². The van der Waals surface area contributed by atoms with Gasteiger partial charge in [0.1, 0.15) is 0 Å². The summed E-state index contributed by atoms with van der Waals surface area (Å²) in [5.74, 6) is 6.38. The molecule has 0 N–H and O–H groups in total. The zero-order valence-corrected chi connectivity index (χ0v) is 7.49. The smallest absolute Gasteiger partial charge is 0.0521 e. The second-order valence-electron chi connectivity index (χ2n) is 1.97. The van der Waals surface area contributed by atoms with Crippen molar-refractivity contribution in [3.63, 3.8) is 0 Å². The molecule has 2 heteroatoms. The third kappa shape index (κ3) is 2.88. The summed E-state index contributed by atoms with van der Waals surface area (Å²) in [4.78, 5) is 0. The molecule has 0 spiro atoms. The molecule has 11 heavy (non-hydrogen) atoms. The van der Waals surface area contributed by atoms with Gasteiger partial charge in [-0.25, -0.2) is 0 Å². The number of hydrogen-bond acceptors (Lipinski definition) is 1. The maximum absolute atomic E-state index is 5.68. The molecule has 0 nitrogen and oxygen atoms in total. The molecule has 0 aliphatic carbocycles. The molecule has 1 aromatic carbocycles. The van der Waals surface area contributed by atoms with Gasteiger partial charge in [-0.1, -0.05) is 23.4 Å². The highest BCUT2D eigenvalue weighted by atomic mass is 35.5. The van der Waals surface area contributed by atoms with E-state index < -0.39 is 0 Å². The molecule has 0 aromatic heterocycles. The van der Waals surface area contributed by atoms with Crippen molar-refractivity contribution in [1.29, 1.82) is 0 Å². The topological polar surface area (TPSA) is 0 Å². The van der Waals surface area contributed by atoms with E-state index in [4.69, 9.17) is 11.6 Å². The number of halogens is 1. The number of hydrogen-bond donors (Lipinski definition) is 1. The molecular formula is C9H7ClS. The summed E-state index contributed by atoms with van der Waals surface area (Å²) in [6.07, 6.45) is 0. The normalized spacial score (nSPS) is 8.55. The lowest BCUT2D eigenvalue weighted by Gasteiger charge is -1.88. The lowest BCUT2D eigenvalue weighted by atomic mass is 10.2. The van der Waals surface area contributed by atoms with Crippen molar-refractivity contribution in [2.75, 3.05) is 5.75 Å². The molecule has 0 bridgehead atoms. The molecule has 0 unspecified atom stereocenters. The van der Waals surface area contributed by atoms with Crippen LogP contribution in [0.4, 0.5) is 0 Å². The van der Waals surface area contributed by atoms with Crippen LogP contribution in [0.5, 0.6) is 0 Å². The van der Waals surface area contributed by atoms with Gasteiger partial charge in [0.15, 0.2) is 0 Å². The molecule has 0 saturated heterocycles. The zero-order valence-electron chi connectivity index (χ0n) is 5.84. The fraction of sp³-hybridized carbons (Fsp3) is 0.111. The van der Waals surface area contributed by atoms with Crippen molar-refractivity contribution in [2.45, 2.75) is 0 Å². The van der Waals surface area contributed by atoms with Crippen LogP contribution in [0.25, 0.3) is 0 Å². The molecule has 1 rings (SSSR count). The number of rotatable bonds is 0. The van der Waals surface area contributed by atoms with Gasteiger partial charge in [0, 0.05) is 10.6 Å². The average molecular weight is 183 g/mol. The van der Waals surface area contributed by atoms with E-state index in [-0.39, 0.29) is 0 Å². The third-order valence-electron chi connectivity index (χ3n) is 1.16. The molecule has 0 atom stereocenters. The Morgan fingerprint density at radius 3 is 2.45 bits per heavy atom. The van der Waals surface area contributed by atoms with E-state index in [1.165, 1.54) is 0 Å². The maximum Gasteiger partial charge on any atom is 0.0521 e. The van der Waals surface area contributed by atoms with Crippen LogP contribution in [-0.2, 0) is 0 Å². The van der Waals surface area contributed by atoms with Gasteiger partial charge in [-0.3, -0.25) is 0 Å². The van der Waals surface area contributed by atoms with E-state index in [9.17, 15) is 0 Å². The van der Waals surface area contributed by atoms with Gasteiger partial charge in [-0.2, -0.15) is 12.6 Å². The summed E-state index contributed by atoms with van der Waals surface area (Å²) in [5.41, 5.74) is 0.975. The Hall–Kier alpha value is -0.580. The van der Waals surface area contributed by atoms with Crippen molar-refractivity contribution in [1.82, 2.24) is 0 Å². The van der Waals surface area contributed by atoms with Gasteiger partial charge >= 0.3 is 0 Å². The molecule has 56 valence electrons. The summed E-state index contributed by atoms with van der Waals surface area (Å²) in [5, 5.41) is 0.737. The first kappa shape index (κ1) is 8.52. The van der Waals surface area contributed by atoms with Gasteiger partial charge in [0.05, 0.1) is 5.75 Å². The molecule has 0 aliphatic rings. The monoisotopic (exact) mass is 182 g/mol. The molecule has 0 fully saturated rings. The fourth-order valence-corrected chi connectivity index (χ4v) is 0.880. The minimum atomic E-state index is 0.586. The summed E-state index contributed by atoms with van der Waals surface area (Å²) in [7, 11) is 0. The Bertz CT molecular complexity index is 279. The standard InChI is InChI=1S/C9H7ClS/c10-9-5-3-8(4-6-9)2-1-7-11/h3-6,11H,7H2. The number of benzene rings is 1. The van der Waals surface area contributed by atoms with Crippen LogP contribution in [0.15, 0.2) is 24.3 Å². The van der Waals surface area contributed by atoms with Crippen LogP contribution in [-0.4, -0.2) is 5.75 Å². The molecule has 0 aliphatic heterocycles. The Morgan fingerprint density at radius 1 is 1.27 bits per heavy atom. The minimum Gasteiger partial charge on any atom is -0.166 e. The van der Waals surface area contributed by atoms with Crippen LogP contribution < -0.4 is 0 Å². The van der Waals surface area contributed by atoms with Crippen molar-refractivity contribution in [3.8, 4) is 11.8 Å². The predicted octanol–water partition coefficient (Wildman–Crippen LogP) is 2.62. The molecule has 0 radical (unpaired) electrons. The first-order valence-corrected chi connectivity index (χ1v) is 4.19. The largest absolute Gasteiger partial charge is 0.166 e. The van der Waals surface area contributed by atoms with Gasteiger partial charge < -0.3 is 0 Å². The fourth-order valence-electron chi connectivity index (χ4n) is 0.675. The van der Waals surface area contributed by atoms with Crippen LogP contribution >= 0.6 is 24.2 Å². The summed E-state index contributed by atoms with van der Waals surface area (Å²) in [6.45, 7) is 0. The lowest BCUT2D eigenvalue weighted by molar-refractivity contribution is 1.64. The highest BCUT2D eigenvalue weighted by Gasteiger charge is 1.85. The van der Waals surface area contributed by atoms with E-state index in [1.54, 1.807) is 0 Å². The van der Waals surface area contributed by atoms with Gasteiger partial charge in [-0.05, 0) is 24.3 Å². The van der Waals surface area contributed by atoms with E-state index in [2.05, 4.69) is 24.5 Å². The van der Waals surface area contributed by atoms with E-state index >= 15 is 0 Å². The molecule has 1 aromatic rings. The first-order chi connectivity index (χ1) is 5.33. The van der Waals surface area contributed by atoms with Gasteiger partial charge in [-0.15, -0.1) is 0 Å². The zero-order chi connectivity index (χ0) is 8.10. The second kappa shape index (κ2) is 4.33. The molecule has 0 heterocycles. The average Bonchev–Trinajstić information content (AvgIpc) is 2.04. The SMILES string of the molecule is SCC#Cc1ccc(Cl)cc1. The quantitative estimate of drug-likeness (QED) is 0.463. The summed E-state index contributed by atoms with van der Waals surface area (Å²) in [6, 6.07) is 7.42. The van der Waals surface area contributed by atoms with Crippen molar-refractivity contribution in [2.24, 2.45) is 0 Å². The highest BCUT2D eigenvalue weighted by molar-refractivity contribution is 7.80. The number of thiol groups is 1. The van der Waals surface area contributed by atoms with Crippen molar-refractivity contribution in [3.05, 3.63) is 34.9 Å². The van der Waals surface area contributed by atoms with Crippen molar-refractivity contribution >= 4 is 24.2 Å². The maximum atomic E-state index is 5.68. The molecule has 0 amide bonds. The van der Waals surface area contributed by atoms with Gasteiger partial charge in [0.25, 0.3) is 0 Å². The van der Waals surface area contributed by atoms with Crippen LogP contribution in [0, 0.1) is 11.8 Å². The molecular weight excluding hydrogens is 176 g/mol. The van der Waals surface area contributed by atoms with Crippen LogP contribution in [0.2, 0.25) is 5.02 Å². The van der Waals surface area contributed by atoms with Gasteiger partial charge in [0.2, 0.25) is 0 Å². The Morgan fingerprint density at radius 2 is 1.91 bits per heavy atom. The Labute approximate surface area is 77.0 Å². The minimum absolute atomic E-state index is 0.586. The van der Waals surface area contributed by atoms with E-state index in [0.29, 0.717) is 5.75 Å². The first-order valence-electron chi connectivity index (χ1n) is 3.18. The highest BCUT2D eigenvalue weighted by Crippen LogP contribution is 2.08. The van der Waals surface area contributed by atoms with E-state index in [0.717, 1.165) is 10.6 Å². The summed E-state index contributed by atoms with van der Waals surface area (Å²) < 4.78 is 0. The lowest BCUT2D eigenvalue weighted by Crippen LogP contribution is -1.72. The Balaban J connectivity index is 2.82. The molecule has 0 saturated carbocycles. The summed E-state index contributed by atoms with van der Waals surface area (Å²) >= 11 is 9.65. The van der Waals surface area contributed by atoms with Crippen molar-refractivity contribution < 1.29 is 0 Å². The Kier molecular flexibility index (Phi) is 3.35. The van der Waals surface area contributed by atoms with E-state index in [1.807, 2.05) is 24.3 Å². The van der Waals surface area contributed by atoms with Crippen LogP contribution in [0.3, 0.4) is 0 Å².